The molecular formula is C9H17NOS. The van der Waals surface area contributed by atoms with Crippen LogP contribution in [-0.2, 0) is 4.74 Å². The zero-order chi connectivity index (χ0) is 8.23. The Morgan fingerprint density at radius 2 is 2.42 bits per heavy atom. The van der Waals surface area contributed by atoms with E-state index in [1.54, 1.807) is 0 Å². The summed E-state index contributed by atoms with van der Waals surface area (Å²) in [5.41, 5.74) is 0. The minimum Gasteiger partial charge on any atom is -0.381 e. The Hall–Kier alpha value is 0.270. The highest BCUT2D eigenvalue weighted by Gasteiger charge is 2.25. The molecule has 2 saturated heterocycles. The summed E-state index contributed by atoms with van der Waals surface area (Å²) < 4.78 is 5.40. The first-order valence-electron chi connectivity index (χ1n) is 4.86. The van der Waals surface area contributed by atoms with Crippen molar-refractivity contribution in [3.8, 4) is 0 Å². The van der Waals surface area contributed by atoms with Crippen LogP contribution in [-0.4, -0.2) is 37.3 Å². The van der Waals surface area contributed by atoms with Gasteiger partial charge >= 0.3 is 0 Å². The highest BCUT2D eigenvalue weighted by molar-refractivity contribution is 7.99. The van der Waals surface area contributed by atoms with Gasteiger partial charge in [-0.15, -0.1) is 0 Å². The van der Waals surface area contributed by atoms with Gasteiger partial charge in [-0.1, -0.05) is 0 Å². The molecule has 0 bridgehead atoms. The molecule has 1 N–H and O–H groups in total. The van der Waals surface area contributed by atoms with Crippen LogP contribution >= 0.6 is 11.8 Å². The van der Waals surface area contributed by atoms with Gasteiger partial charge in [-0.25, -0.2) is 0 Å². The van der Waals surface area contributed by atoms with Crippen molar-refractivity contribution < 1.29 is 4.74 Å². The highest BCUT2D eigenvalue weighted by Crippen LogP contribution is 2.21. The third-order valence-electron chi connectivity index (χ3n) is 2.70. The molecule has 2 aliphatic heterocycles. The van der Waals surface area contributed by atoms with Crippen LogP contribution in [0, 0.1) is 5.92 Å². The molecule has 70 valence electrons. The molecule has 12 heavy (non-hydrogen) atoms. The second-order valence-corrected chi connectivity index (χ2v) is 4.76. The number of ether oxygens (including phenoxy) is 1. The molecule has 0 aliphatic carbocycles. The van der Waals surface area contributed by atoms with Crippen LogP contribution in [0.2, 0.25) is 0 Å². The first-order valence-corrected chi connectivity index (χ1v) is 6.01. The van der Waals surface area contributed by atoms with Gasteiger partial charge in [0.05, 0.1) is 6.61 Å². The van der Waals surface area contributed by atoms with Crippen LogP contribution in [0.5, 0.6) is 0 Å². The van der Waals surface area contributed by atoms with E-state index in [-0.39, 0.29) is 0 Å². The molecule has 3 heteroatoms. The standard InChI is InChI=1S/C9H17NOS/c1-3-10-9(7-12-5-1)8-2-4-11-6-8/h8-10H,1-7H2. The average Bonchev–Trinajstić information content (AvgIpc) is 2.48. The second-order valence-electron chi connectivity index (χ2n) is 3.61. The number of hydrogen-bond acceptors (Lipinski definition) is 3. The van der Waals surface area contributed by atoms with E-state index in [1.165, 1.54) is 30.9 Å². The van der Waals surface area contributed by atoms with Gasteiger partial charge in [-0.05, 0) is 25.1 Å². The van der Waals surface area contributed by atoms with Gasteiger partial charge in [0.1, 0.15) is 0 Å². The maximum Gasteiger partial charge on any atom is 0.0510 e. The fourth-order valence-electron chi connectivity index (χ4n) is 1.90. The van der Waals surface area contributed by atoms with Gasteiger partial charge in [-0.3, -0.25) is 0 Å². The summed E-state index contributed by atoms with van der Waals surface area (Å²) in [5, 5.41) is 3.62. The second kappa shape index (κ2) is 4.49. The summed E-state index contributed by atoms with van der Waals surface area (Å²) in [4.78, 5) is 0. The number of nitrogens with one attached hydrogen (secondary N) is 1. The summed E-state index contributed by atoms with van der Waals surface area (Å²) >= 11 is 2.09. The summed E-state index contributed by atoms with van der Waals surface area (Å²) in [6, 6.07) is 0.722. The SMILES string of the molecule is C1CNC(C2CCOC2)CSC1. The van der Waals surface area contributed by atoms with Crippen molar-refractivity contribution in [1.29, 1.82) is 0 Å². The lowest BCUT2D eigenvalue weighted by molar-refractivity contribution is 0.179. The van der Waals surface area contributed by atoms with Crippen LogP contribution in [0.25, 0.3) is 0 Å². The summed E-state index contributed by atoms with van der Waals surface area (Å²) in [6.07, 6.45) is 2.59. The molecular weight excluding hydrogens is 170 g/mol. The Labute approximate surface area is 78.4 Å². The number of hydrogen-bond donors (Lipinski definition) is 1. The first-order chi connectivity index (χ1) is 5.97. The van der Waals surface area contributed by atoms with Crippen molar-refractivity contribution in [3.05, 3.63) is 0 Å². The molecule has 2 heterocycles. The lowest BCUT2D eigenvalue weighted by Crippen LogP contribution is -2.37. The molecule has 2 rings (SSSR count). The highest BCUT2D eigenvalue weighted by atomic mass is 32.2. The zero-order valence-electron chi connectivity index (χ0n) is 7.42. The van der Waals surface area contributed by atoms with E-state index in [2.05, 4.69) is 17.1 Å². The topological polar surface area (TPSA) is 21.3 Å². The molecule has 0 amide bonds. The third-order valence-corrected chi connectivity index (χ3v) is 3.88. The van der Waals surface area contributed by atoms with Crippen LogP contribution in [0.15, 0.2) is 0 Å². The quantitative estimate of drug-likeness (QED) is 0.664. The fraction of sp³-hybridized carbons (Fsp3) is 1.00. The molecule has 0 aromatic rings. The van der Waals surface area contributed by atoms with Gasteiger partial charge in [0.25, 0.3) is 0 Å². The number of thioether (sulfide) groups is 1. The molecule has 2 aliphatic rings. The minimum atomic E-state index is 0.722. The minimum absolute atomic E-state index is 0.722. The van der Waals surface area contributed by atoms with E-state index in [0.717, 1.165) is 25.2 Å². The molecule has 0 aromatic heterocycles. The van der Waals surface area contributed by atoms with Gasteiger partial charge in [0, 0.05) is 24.3 Å². The van der Waals surface area contributed by atoms with E-state index in [4.69, 9.17) is 4.74 Å². The van der Waals surface area contributed by atoms with Gasteiger partial charge in [0.15, 0.2) is 0 Å². The maximum absolute atomic E-state index is 5.40. The lowest BCUT2D eigenvalue weighted by atomic mass is 10.0. The van der Waals surface area contributed by atoms with Crippen molar-refractivity contribution >= 4 is 11.8 Å². The van der Waals surface area contributed by atoms with Crippen LogP contribution in [0.1, 0.15) is 12.8 Å². The van der Waals surface area contributed by atoms with Gasteiger partial charge in [-0.2, -0.15) is 11.8 Å². The summed E-state index contributed by atoms with van der Waals surface area (Å²) in [5.74, 6) is 3.40. The molecule has 0 aromatic carbocycles. The Morgan fingerprint density at radius 1 is 1.42 bits per heavy atom. The van der Waals surface area contributed by atoms with Gasteiger partial charge in [0.2, 0.25) is 0 Å². The molecule has 0 saturated carbocycles. The van der Waals surface area contributed by atoms with E-state index in [1.807, 2.05) is 0 Å². The molecule has 2 atom stereocenters. The Morgan fingerprint density at radius 3 is 3.25 bits per heavy atom. The average molecular weight is 187 g/mol. The lowest BCUT2D eigenvalue weighted by Gasteiger charge is -2.20. The first kappa shape index (κ1) is 8.85. The van der Waals surface area contributed by atoms with Crippen molar-refractivity contribution in [1.82, 2.24) is 5.32 Å². The monoisotopic (exact) mass is 187 g/mol. The van der Waals surface area contributed by atoms with E-state index in [0.29, 0.717) is 0 Å². The molecule has 0 radical (unpaired) electrons. The fourth-order valence-corrected chi connectivity index (χ4v) is 3.06. The molecule has 2 unspecified atom stereocenters. The largest absolute Gasteiger partial charge is 0.381 e. The molecule has 2 fully saturated rings. The Kier molecular flexibility index (Phi) is 3.31. The van der Waals surface area contributed by atoms with Gasteiger partial charge < -0.3 is 10.1 Å². The van der Waals surface area contributed by atoms with Crippen LogP contribution in [0.3, 0.4) is 0 Å². The van der Waals surface area contributed by atoms with E-state index < -0.39 is 0 Å². The molecule has 0 spiro atoms. The normalized spacial score (nSPS) is 38.0. The van der Waals surface area contributed by atoms with E-state index in [9.17, 15) is 0 Å². The maximum atomic E-state index is 5.40. The summed E-state index contributed by atoms with van der Waals surface area (Å²) in [6.45, 7) is 3.17. The smallest absolute Gasteiger partial charge is 0.0510 e. The van der Waals surface area contributed by atoms with Crippen molar-refractivity contribution in [2.45, 2.75) is 18.9 Å². The number of rotatable bonds is 1. The van der Waals surface area contributed by atoms with Crippen molar-refractivity contribution in [2.75, 3.05) is 31.3 Å². The zero-order valence-corrected chi connectivity index (χ0v) is 8.24. The predicted octanol–water partition coefficient (Wildman–Crippen LogP) is 1.12. The van der Waals surface area contributed by atoms with Crippen molar-refractivity contribution in [2.24, 2.45) is 5.92 Å². The van der Waals surface area contributed by atoms with Crippen LogP contribution in [0.4, 0.5) is 0 Å². The third kappa shape index (κ3) is 2.15. The van der Waals surface area contributed by atoms with Crippen molar-refractivity contribution in [3.63, 3.8) is 0 Å². The Bertz CT molecular complexity index is 128. The molecule has 2 nitrogen and oxygen atoms in total. The predicted molar refractivity (Wildman–Crippen MR) is 52.7 cm³/mol. The summed E-state index contributed by atoms with van der Waals surface area (Å²) in [7, 11) is 0. The Balaban J connectivity index is 1.83. The van der Waals surface area contributed by atoms with Crippen LogP contribution < -0.4 is 5.32 Å². The van der Waals surface area contributed by atoms with E-state index >= 15 is 0 Å².